The van der Waals surface area contributed by atoms with Gasteiger partial charge in [0.15, 0.2) is 23.0 Å². The summed E-state index contributed by atoms with van der Waals surface area (Å²) in [5, 5.41) is 20.0. The van der Waals surface area contributed by atoms with Crippen LogP contribution in [0.25, 0.3) is 5.69 Å². The first-order valence-corrected chi connectivity index (χ1v) is 6.17. The predicted molar refractivity (Wildman–Crippen MR) is 72.7 cm³/mol. The van der Waals surface area contributed by atoms with Gasteiger partial charge in [-0.3, -0.25) is 14.7 Å². The number of carbonyl (C=O) groups is 1. The van der Waals surface area contributed by atoms with Gasteiger partial charge >= 0.3 is 11.7 Å². The number of ether oxygens (including phenoxy) is 1. The van der Waals surface area contributed by atoms with Gasteiger partial charge in [0.1, 0.15) is 6.07 Å². The fourth-order valence-corrected chi connectivity index (χ4v) is 2.09. The van der Waals surface area contributed by atoms with E-state index < -0.39 is 62.5 Å². The van der Waals surface area contributed by atoms with Gasteiger partial charge < -0.3 is 10.5 Å². The largest absolute Gasteiger partial charge is 0.464 e. The summed E-state index contributed by atoms with van der Waals surface area (Å²) >= 11 is 0. The summed E-state index contributed by atoms with van der Waals surface area (Å²) in [6.07, 6.45) is 0.629. The van der Waals surface area contributed by atoms with E-state index in [1.165, 1.54) is 6.07 Å². The molecule has 0 aliphatic heterocycles. The average molecular weight is 358 g/mol. The molecule has 25 heavy (non-hydrogen) atoms. The highest BCUT2D eigenvalue weighted by Crippen LogP contribution is 2.36. The van der Waals surface area contributed by atoms with E-state index in [0.29, 0.717) is 6.20 Å². The summed E-state index contributed by atoms with van der Waals surface area (Å²) in [7, 11) is 0.877. The minimum atomic E-state index is -2.41. The highest BCUT2D eigenvalue weighted by molar-refractivity contribution is 5.96. The zero-order chi connectivity index (χ0) is 19.0. The van der Waals surface area contributed by atoms with Gasteiger partial charge in [-0.15, -0.1) is 0 Å². The van der Waals surface area contributed by atoms with E-state index in [4.69, 9.17) is 11.0 Å². The lowest BCUT2D eigenvalue weighted by atomic mass is 10.2. The molecular formula is C13H6F4N4O4. The van der Waals surface area contributed by atoms with Crippen LogP contribution in [0.5, 0.6) is 0 Å². The minimum Gasteiger partial charge on any atom is -0.464 e. The lowest BCUT2D eigenvalue weighted by Crippen LogP contribution is -2.16. The first-order chi connectivity index (χ1) is 11.7. The third-order valence-corrected chi connectivity index (χ3v) is 3.19. The Morgan fingerprint density at radius 3 is 2.32 bits per heavy atom. The Labute approximate surface area is 135 Å². The van der Waals surface area contributed by atoms with Crippen LogP contribution in [0.3, 0.4) is 0 Å². The van der Waals surface area contributed by atoms with Gasteiger partial charge in [-0.05, 0) is 0 Å². The number of nitrogens with zero attached hydrogens (tertiary/aromatic N) is 3. The summed E-state index contributed by atoms with van der Waals surface area (Å²) in [6.45, 7) is 0. The second-order valence-electron chi connectivity index (χ2n) is 4.49. The van der Waals surface area contributed by atoms with Crippen molar-refractivity contribution in [3.63, 3.8) is 0 Å². The second kappa shape index (κ2) is 6.11. The molecule has 2 rings (SSSR count). The van der Waals surface area contributed by atoms with Crippen LogP contribution < -0.4 is 5.73 Å². The highest BCUT2D eigenvalue weighted by Gasteiger charge is 2.36. The third-order valence-electron chi connectivity index (χ3n) is 3.19. The number of carbonyl (C=O) groups excluding carboxylic acids is 1. The number of methoxy groups -OCH3 is 1. The van der Waals surface area contributed by atoms with Crippen LogP contribution in [-0.2, 0) is 4.74 Å². The predicted octanol–water partition coefficient (Wildman–Crippen LogP) is 2.18. The van der Waals surface area contributed by atoms with Crippen molar-refractivity contribution >= 4 is 17.3 Å². The molecule has 0 fully saturated rings. The van der Waals surface area contributed by atoms with Crippen molar-refractivity contribution in [1.82, 2.24) is 4.57 Å². The van der Waals surface area contributed by atoms with Crippen molar-refractivity contribution in [3.8, 4) is 11.8 Å². The summed E-state index contributed by atoms with van der Waals surface area (Å²) < 4.78 is 59.4. The van der Waals surface area contributed by atoms with Gasteiger partial charge in [-0.25, -0.2) is 18.0 Å². The van der Waals surface area contributed by atoms with Crippen LogP contribution >= 0.6 is 0 Å². The number of nitrogens with two attached hydrogens (primary N) is 1. The maximum atomic E-state index is 14.2. The number of hydrogen-bond donors (Lipinski definition) is 1. The number of benzene rings is 1. The van der Waals surface area contributed by atoms with Crippen molar-refractivity contribution in [2.24, 2.45) is 0 Å². The van der Waals surface area contributed by atoms with Crippen LogP contribution in [-0.4, -0.2) is 22.6 Å². The lowest BCUT2D eigenvalue weighted by molar-refractivity contribution is -0.387. The highest BCUT2D eigenvalue weighted by atomic mass is 19.2. The number of esters is 1. The van der Waals surface area contributed by atoms with Gasteiger partial charge in [0.05, 0.1) is 23.3 Å². The van der Waals surface area contributed by atoms with Gasteiger partial charge in [0, 0.05) is 6.20 Å². The molecule has 0 bridgehead atoms. The van der Waals surface area contributed by atoms with Crippen LogP contribution in [0.1, 0.15) is 16.1 Å². The van der Waals surface area contributed by atoms with E-state index in [0.717, 1.165) is 7.11 Å². The van der Waals surface area contributed by atoms with E-state index in [1.807, 2.05) is 0 Å². The molecule has 0 saturated heterocycles. The molecule has 12 heteroatoms. The Morgan fingerprint density at radius 1 is 1.28 bits per heavy atom. The fraction of sp³-hybridized carbons (Fsp3) is 0.0769. The summed E-state index contributed by atoms with van der Waals surface area (Å²) in [5.74, 6) is -10.5. The van der Waals surface area contributed by atoms with E-state index in [2.05, 4.69) is 4.74 Å². The van der Waals surface area contributed by atoms with E-state index >= 15 is 0 Å². The van der Waals surface area contributed by atoms with Gasteiger partial charge in [-0.2, -0.15) is 9.65 Å². The smallest absolute Gasteiger partial charge is 0.357 e. The number of anilines is 1. The fourth-order valence-electron chi connectivity index (χ4n) is 2.09. The number of hydrogen-bond acceptors (Lipinski definition) is 6. The second-order valence-corrected chi connectivity index (χ2v) is 4.49. The Morgan fingerprint density at radius 2 is 1.84 bits per heavy atom. The van der Waals surface area contributed by atoms with Gasteiger partial charge in [-0.1, -0.05) is 0 Å². The molecular weight excluding hydrogens is 352 g/mol. The maximum Gasteiger partial charge on any atom is 0.357 e. The topological polar surface area (TPSA) is 124 Å². The molecule has 0 unspecified atom stereocenters. The van der Waals surface area contributed by atoms with E-state index in [-0.39, 0.29) is 4.57 Å². The number of nitrogen functional groups attached to an aromatic ring is 1. The Kier molecular flexibility index (Phi) is 4.34. The molecule has 1 aromatic heterocycles. The number of nitro groups is 1. The summed E-state index contributed by atoms with van der Waals surface area (Å²) in [5.41, 5.74) is 0.439. The monoisotopic (exact) mass is 358 g/mol. The Hall–Kier alpha value is -3.62. The normalized spacial score (nSPS) is 10.4. The minimum absolute atomic E-state index is 0.263. The molecule has 2 N–H and O–H groups in total. The number of nitriles is 1. The SMILES string of the molecule is COC(=O)c1c(N)c(C#N)cn1-c1c(F)c(F)c(F)c(F)c1[N+](=O)[O-]. The van der Waals surface area contributed by atoms with Crippen molar-refractivity contribution in [1.29, 1.82) is 5.26 Å². The first kappa shape index (κ1) is 17.7. The van der Waals surface area contributed by atoms with E-state index in [1.54, 1.807) is 0 Å². The number of halogens is 4. The molecule has 8 nitrogen and oxygen atoms in total. The molecule has 0 atom stereocenters. The van der Waals surface area contributed by atoms with Crippen LogP contribution in [0.4, 0.5) is 28.9 Å². The Balaban J connectivity index is 3.05. The standard InChI is InChI=1S/C13H6F4N4O4/c1-25-13(22)12-9(19)4(2-18)3-20(12)10-7(16)5(14)6(15)8(17)11(10)21(23)24/h3H,19H2,1H3. The van der Waals surface area contributed by atoms with Crippen molar-refractivity contribution < 1.29 is 32.0 Å². The van der Waals surface area contributed by atoms with Crippen molar-refractivity contribution in [2.75, 3.05) is 12.8 Å². The molecule has 0 aliphatic carbocycles. The molecule has 0 aliphatic rings. The van der Waals surface area contributed by atoms with Crippen molar-refractivity contribution in [3.05, 3.63) is 50.8 Å². The van der Waals surface area contributed by atoms with Crippen LogP contribution in [0.15, 0.2) is 6.20 Å². The maximum absolute atomic E-state index is 14.2. The molecule has 1 heterocycles. The van der Waals surface area contributed by atoms with Crippen molar-refractivity contribution in [2.45, 2.75) is 0 Å². The quantitative estimate of drug-likeness (QED) is 0.224. The summed E-state index contributed by atoms with van der Waals surface area (Å²) in [6, 6.07) is 1.51. The van der Waals surface area contributed by atoms with E-state index in [9.17, 15) is 32.5 Å². The molecule has 2 aromatic rings. The van der Waals surface area contributed by atoms with Gasteiger partial charge in [0.25, 0.3) is 0 Å². The Bertz CT molecular complexity index is 964. The van der Waals surface area contributed by atoms with Crippen LogP contribution in [0, 0.1) is 44.7 Å². The molecule has 130 valence electrons. The number of aromatic nitrogens is 1. The van der Waals surface area contributed by atoms with Crippen LogP contribution in [0.2, 0.25) is 0 Å². The third kappa shape index (κ3) is 2.51. The van der Waals surface area contributed by atoms with Gasteiger partial charge in [0.2, 0.25) is 11.6 Å². The molecule has 0 radical (unpaired) electrons. The molecule has 0 amide bonds. The number of rotatable bonds is 3. The number of nitro benzene ring substituents is 1. The average Bonchev–Trinajstić information content (AvgIpc) is 2.91. The molecule has 0 saturated carbocycles. The summed E-state index contributed by atoms with van der Waals surface area (Å²) in [4.78, 5) is 21.3. The zero-order valence-corrected chi connectivity index (χ0v) is 12.1. The lowest BCUT2D eigenvalue weighted by Gasteiger charge is -2.11. The molecule has 1 aromatic carbocycles. The zero-order valence-electron chi connectivity index (χ0n) is 12.1. The molecule has 0 spiro atoms. The first-order valence-electron chi connectivity index (χ1n) is 6.17.